The van der Waals surface area contributed by atoms with Gasteiger partial charge in [-0.05, 0) is 12.1 Å². The van der Waals surface area contributed by atoms with Gasteiger partial charge in [0.25, 0.3) is 0 Å². The van der Waals surface area contributed by atoms with E-state index in [0.29, 0.717) is 26.1 Å². The van der Waals surface area contributed by atoms with Crippen LogP contribution in [0.1, 0.15) is 25.8 Å². The van der Waals surface area contributed by atoms with Crippen LogP contribution in [0.25, 0.3) is 0 Å². The molecule has 5 heteroatoms. The molecule has 0 heterocycles. The largest absolute Gasteiger partial charge is 0.355 e. The summed E-state index contributed by atoms with van der Waals surface area (Å²) in [6.45, 7) is 6.82. The van der Waals surface area contributed by atoms with Crippen LogP contribution in [0.15, 0.2) is 30.3 Å². The third-order valence-electron chi connectivity index (χ3n) is 3.14. The van der Waals surface area contributed by atoms with E-state index >= 15 is 0 Å². The maximum absolute atomic E-state index is 11.7. The number of hydrogen-bond acceptors (Lipinski definition) is 3. The van der Waals surface area contributed by atoms with E-state index in [4.69, 9.17) is 0 Å². The fraction of sp³-hybridized carbons (Fsp3) is 0.500. The molecule has 0 radical (unpaired) electrons. The Hall–Kier alpha value is -1.88. The van der Waals surface area contributed by atoms with Crippen molar-refractivity contribution in [2.24, 2.45) is 0 Å². The van der Waals surface area contributed by atoms with Crippen molar-refractivity contribution >= 4 is 11.8 Å². The van der Waals surface area contributed by atoms with Crippen LogP contribution in [0.5, 0.6) is 0 Å². The lowest BCUT2D eigenvalue weighted by Gasteiger charge is -2.21. The normalized spacial score (nSPS) is 10.2. The number of rotatable bonds is 9. The van der Waals surface area contributed by atoms with Gasteiger partial charge in [0.15, 0.2) is 0 Å². The molecule has 1 rings (SSSR count). The first-order chi connectivity index (χ1) is 10.1. The third kappa shape index (κ3) is 7.46. The zero-order chi connectivity index (χ0) is 15.5. The molecule has 0 aliphatic carbocycles. The Bertz CT molecular complexity index is 434. The average Bonchev–Trinajstić information content (AvgIpc) is 2.48. The van der Waals surface area contributed by atoms with Crippen LogP contribution in [-0.4, -0.2) is 42.9 Å². The topological polar surface area (TPSA) is 61.4 Å². The van der Waals surface area contributed by atoms with Crippen molar-refractivity contribution in [3.63, 3.8) is 0 Å². The first-order valence-corrected chi connectivity index (χ1v) is 7.40. The molecular formula is C16H25N3O2. The van der Waals surface area contributed by atoms with E-state index < -0.39 is 0 Å². The van der Waals surface area contributed by atoms with Crippen molar-refractivity contribution < 1.29 is 9.59 Å². The molecule has 0 aliphatic rings. The molecule has 2 amide bonds. The highest BCUT2D eigenvalue weighted by atomic mass is 16.2. The van der Waals surface area contributed by atoms with E-state index in [-0.39, 0.29) is 11.8 Å². The second-order valence-corrected chi connectivity index (χ2v) is 4.88. The number of nitrogens with zero attached hydrogens (tertiary/aromatic N) is 1. The van der Waals surface area contributed by atoms with E-state index in [2.05, 4.69) is 10.6 Å². The van der Waals surface area contributed by atoms with Crippen molar-refractivity contribution in [3.05, 3.63) is 35.9 Å². The smallest absolute Gasteiger partial charge is 0.221 e. The van der Waals surface area contributed by atoms with Crippen LogP contribution in [0.4, 0.5) is 0 Å². The molecule has 0 aliphatic heterocycles. The number of likely N-dealkylation sites (N-methyl/N-ethyl adjacent to an activating group) is 1. The lowest BCUT2D eigenvalue weighted by molar-refractivity contribution is -0.130. The average molecular weight is 291 g/mol. The summed E-state index contributed by atoms with van der Waals surface area (Å²) in [4.78, 5) is 25.0. The van der Waals surface area contributed by atoms with Crippen molar-refractivity contribution in [3.8, 4) is 0 Å². The minimum absolute atomic E-state index is 0.0145. The Morgan fingerprint density at radius 2 is 1.86 bits per heavy atom. The fourth-order valence-corrected chi connectivity index (χ4v) is 1.94. The second kappa shape index (κ2) is 9.94. The Morgan fingerprint density at radius 1 is 1.14 bits per heavy atom. The van der Waals surface area contributed by atoms with E-state index in [9.17, 15) is 9.59 Å². The molecular weight excluding hydrogens is 266 g/mol. The number of carbonyl (C=O) groups excluding carboxylic acids is 2. The zero-order valence-electron chi connectivity index (χ0n) is 12.9. The lowest BCUT2D eigenvalue weighted by atomic mass is 10.2. The van der Waals surface area contributed by atoms with Gasteiger partial charge in [0, 0.05) is 39.5 Å². The Kier molecular flexibility index (Phi) is 8.12. The van der Waals surface area contributed by atoms with Gasteiger partial charge in [-0.1, -0.05) is 37.3 Å². The summed E-state index contributed by atoms with van der Waals surface area (Å²) in [5.74, 6) is -0.0356. The van der Waals surface area contributed by atoms with Crippen molar-refractivity contribution in [2.75, 3.05) is 26.2 Å². The molecule has 5 nitrogen and oxygen atoms in total. The zero-order valence-corrected chi connectivity index (χ0v) is 12.9. The van der Waals surface area contributed by atoms with Gasteiger partial charge in [-0.15, -0.1) is 0 Å². The molecule has 1 aromatic carbocycles. The number of carbonyl (C=O) groups is 2. The van der Waals surface area contributed by atoms with Crippen molar-refractivity contribution in [2.45, 2.75) is 26.8 Å². The highest BCUT2D eigenvalue weighted by Gasteiger charge is 2.11. The summed E-state index contributed by atoms with van der Waals surface area (Å²) in [6, 6.07) is 9.79. The number of hydrogen-bond donors (Lipinski definition) is 2. The summed E-state index contributed by atoms with van der Waals surface area (Å²) in [6.07, 6.45) is 0.332. The van der Waals surface area contributed by atoms with Gasteiger partial charge in [0.2, 0.25) is 11.8 Å². The Morgan fingerprint density at radius 3 is 2.48 bits per heavy atom. The quantitative estimate of drug-likeness (QED) is 0.671. The molecule has 116 valence electrons. The van der Waals surface area contributed by atoms with E-state index in [1.165, 1.54) is 6.92 Å². The van der Waals surface area contributed by atoms with Crippen LogP contribution >= 0.6 is 0 Å². The van der Waals surface area contributed by atoms with Crippen LogP contribution in [0, 0.1) is 0 Å². The van der Waals surface area contributed by atoms with E-state index in [1.807, 2.05) is 37.3 Å². The van der Waals surface area contributed by atoms with Gasteiger partial charge in [-0.25, -0.2) is 0 Å². The summed E-state index contributed by atoms with van der Waals surface area (Å²) < 4.78 is 0. The third-order valence-corrected chi connectivity index (χ3v) is 3.14. The maximum atomic E-state index is 11.7. The molecule has 0 aromatic heterocycles. The predicted molar refractivity (Wildman–Crippen MR) is 83.7 cm³/mol. The summed E-state index contributed by atoms with van der Waals surface area (Å²) in [5.41, 5.74) is 1.07. The Balaban J connectivity index is 2.34. The first kappa shape index (κ1) is 17.2. The molecule has 0 saturated heterocycles. The van der Waals surface area contributed by atoms with Gasteiger partial charge in [0.05, 0.1) is 0 Å². The number of benzene rings is 1. The molecule has 1 aromatic rings. The lowest BCUT2D eigenvalue weighted by Crippen LogP contribution is -2.35. The second-order valence-electron chi connectivity index (χ2n) is 4.88. The minimum atomic E-state index is -0.0211. The minimum Gasteiger partial charge on any atom is -0.355 e. The molecule has 0 atom stereocenters. The van der Waals surface area contributed by atoms with Gasteiger partial charge < -0.3 is 15.5 Å². The van der Waals surface area contributed by atoms with Crippen LogP contribution in [0.2, 0.25) is 0 Å². The Labute approximate surface area is 126 Å². The highest BCUT2D eigenvalue weighted by Crippen LogP contribution is 2.05. The summed E-state index contributed by atoms with van der Waals surface area (Å²) in [5, 5.41) is 5.98. The molecule has 0 saturated carbocycles. The highest BCUT2D eigenvalue weighted by molar-refractivity contribution is 5.78. The predicted octanol–water partition coefficient (Wildman–Crippen LogP) is 1.15. The monoisotopic (exact) mass is 291 g/mol. The van der Waals surface area contributed by atoms with Crippen LogP contribution in [-0.2, 0) is 16.1 Å². The maximum Gasteiger partial charge on any atom is 0.221 e. The van der Waals surface area contributed by atoms with Crippen LogP contribution < -0.4 is 10.6 Å². The van der Waals surface area contributed by atoms with E-state index in [0.717, 1.165) is 18.7 Å². The molecule has 0 bridgehead atoms. The summed E-state index contributed by atoms with van der Waals surface area (Å²) in [7, 11) is 0. The van der Waals surface area contributed by atoms with Gasteiger partial charge in [0.1, 0.15) is 0 Å². The molecule has 21 heavy (non-hydrogen) atoms. The standard InChI is InChI=1S/C16H25N3O2/c1-3-17-10-11-18-16(21)9-12-19(14(2)20)13-15-7-5-4-6-8-15/h4-8,17H,3,9-13H2,1-2H3,(H,18,21). The number of nitrogens with one attached hydrogen (secondary N) is 2. The van der Waals surface area contributed by atoms with Gasteiger partial charge >= 0.3 is 0 Å². The fourth-order valence-electron chi connectivity index (χ4n) is 1.94. The van der Waals surface area contributed by atoms with Gasteiger partial charge in [-0.2, -0.15) is 0 Å². The number of amides is 2. The van der Waals surface area contributed by atoms with Crippen molar-refractivity contribution in [1.29, 1.82) is 0 Å². The van der Waals surface area contributed by atoms with Crippen molar-refractivity contribution in [1.82, 2.24) is 15.5 Å². The molecule has 0 unspecified atom stereocenters. The molecule has 2 N–H and O–H groups in total. The molecule has 0 fully saturated rings. The molecule has 0 spiro atoms. The summed E-state index contributed by atoms with van der Waals surface area (Å²) >= 11 is 0. The van der Waals surface area contributed by atoms with E-state index in [1.54, 1.807) is 4.90 Å². The SMILES string of the molecule is CCNCCNC(=O)CCN(Cc1ccccc1)C(C)=O. The van der Waals surface area contributed by atoms with Gasteiger partial charge in [-0.3, -0.25) is 9.59 Å². The first-order valence-electron chi connectivity index (χ1n) is 7.40. The van der Waals surface area contributed by atoms with Crippen LogP contribution in [0.3, 0.4) is 0 Å².